The highest BCUT2D eigenvalue weighted by Crippen LogP contribution is 2.31. The zero-order valence-corrected chi connectivity index (χ0v) is 15.8. The third-order valence-electron chi connectivity index (χ3n) is 2.95. The minimum absolute atomic E-state index is 0.235. The number of ether oxygens (including phenoxy) is 2. The van der Waals surface area contributed by atoms with Crippen LogP contribution in [0.2, 0.25) is 0 Å². The Bertz CT molecular complexity index is 671. The molecule has 2 heterocycles. The molecular weight excluding hydrogens is 415 g/mol. The summed E-state index contributed by atoms with van der Waals surface area (Å²) >= 11 is 2.15. The number of carbonyl (C=O) groups is 1. The summed E-state index contributed by atoms with van der Waals surface area (Å²) < 4.78 is 12.8. The van der Waals surface area contributed by atoms with Crippen LogP contribution in [0.3, 0.4) is 0 Å². The monoisotopic (exact) mass is 434 g/mol. The Morgan fingerprint density at radius 1 is 1.43 bits per heavy atom. The van der Waals surface area contributed by atoms with Gasteiger partial charge in [0.1, 0.15) is 5.69 Å². The number of tetrazole rings is 1. The van der Waals surface area contributed by atoms with E-state index in [1.54, 1.807) is 24.9 Å². The summed E-state index contributed by atoms with van der Waals surface area (Å²) in [5, 5.41) is 16.6. The number of nitrogens with zero attached hydrogens (tertiary/aromatic N) is 6. The summed E-state index contributed by atoms with van der Waals surface area (Å²) in [6, 6.07) is 0. The fraction of sp³-hybridized carbons (Fsp3) is 0.615. The average Bonchev–Trinajstić information content (AvgIpc) is 3.02. The van der Waals surface area contributed by atoms with Gasteiger partial charge < -0.3 is 9.47 Å². The average molecular weight is 434 g/mol. The van der Waals surface area contributed by atoms with Crippen LogP contribution in [0.4, 0.5) is 4.79 Å². The lowest BCUT2D eigenvalue weighted by Crippen LogP contribution is -2.31. The Hall–Kier alpha value is -1.72. The van der Waals surface area contributed by atoms with Crippen molar-refractivity contribution in [1.82, 2.24) is 30.0 Å². The molecule has 2 rings (SSSR count). The summed E-state index contributed by atoms with van der Waals surface area (Å²) in [5.41, 5.74) is 0.310. The molecule has 23 heavy (non-hydrogen) atoms. The van der Waals surface area contributed by atoms with Crippen LogP contribution in [0, 0.1) is 8.99 Å². The first-order chi connectivity index (χ1) is 10.7. The Morgan fingerprint density at radius 2 is 2.13 bits per heavy atom. The highest BCUT2D eigenvalue weighted by atomic mass is 127. The van der Waals surface area contributed by atoms with Crippen molar-refractivity contribution in [3.05, 3.63) is 9.77 Å². The Labute approximate surface area is 147 Å². The molecule has 0 aliphatic carbocycles. The molecule has 2 aromatic rings. The van der Waals surface area contributed by atoms with Gasteiger partial charge in [-0.15, -0.1) is 15.0 Å². The Balaban J connectivity index is 2.32. The molecule has 0 aliphatic heterocycles. The summed E-state index contributed by atoms with van der Waals surface area (Å²) in [6.07, 6.45) is 0.211. The highest BCUT2D eigenvalue weighted by molar-refractivity contribution is 14.1. The van der Waals surface area contributed by atoms with Crippen LogP contribution < -0.4 is 0 Å². The van der Waals surface area contributed by atoms with E-state index in [9.17, 15) is 4.79 Å². The molecule has 10 heteroatoms. The second-order valence-electron chi connectivity index (χ2n) is 5.92. The first-order valence-electron chi connectivity index (χ1n) is 7.04. The van der Waals surface area contributed by atoms with Crippen molar-refractivity contribution >= 4 is 28.7 Å². The molecule has 0 fully saturated rings. The van der Waals surface area contributed by atoms with Crippen LogP contribution in [0.15, 0.2) is 6.20 Å². The van der Waals surface area contributed by atoms with Crippen LogP contribution in [0.1, 0.15) is 33.9 Å². The molecule has 1 unspecified atom stereocenters. The summed E-state index contributed by atoms with van der Waals surface area (Å²) in [4.78, 5) is 13.0. The van der Waals surface area contributed by atoms with Crippen molar-refractivity contribution in [2.75, 3.05) is 6.61 Å². The van der Waals surface area contributed by atoms with Gasteiger partial charge in [0.05, 0.1) is 16.4 Å². The van der Waals surface area contributed by atoms with E-state index in [2.05, 4.69) is 43.1 Å². The van der Waals surface area contributed by atoms with E-state index in [4.69, 9.17) is 9.47 Å². The van der Waals surface area contributed by atoms with Crippen LogP contribution >= 0.6 is 22.6 Å². The summed E-state index contributed by atoms with van der Waals surface area (Å²) in [5.74, 6) is 0.413. The molecule has 1 atom stereocenters. The van der Waals surface area contributed by atoms with Gasteiger partial charge in [0.15, 0.2) is 0 Å². The molecule has 0 bridgehead atoms. The summed E-state index contributed by atoms with van der Waals surface area (Å²) in [6.45, 7) is 7.68. The predicted molar refractivity (Wildman–Crippen MR) is 89.3 cm³/mol. The van der Waals surface area contributed by atoms with Crippen LogP contribution in [-0.4, -0.2) is 42.7 Å². The standard InChI is InChI=1S/C13H19IN6O3/c1-6-22-12(21)23-11(13(2,3)4)20-17-10(16-18-20)9-8(14)7-15-19(9)5/h7,11H,6H2,1-5H3. The molecule has 0 saturated heterocycles. The fourth-order valence-corrected chi connectivity index (χ4v) is 2.61. The van der Waals surface area contributed by atoms with Gasteiger partial charge in [-0.3, -0.25) is 4.68 Å². The van der Waals surface area contributed by atoms with Crippen LogP contribution in [-0.2, 0) is 16.5 Å². The Morgan fingerprint density at radius 3 is 2.65 bits per heavy atom. The minimum atomic E-state index is -0.763. The molecule has 2 aromatic heterocycles. The SMILES string of the molecule is CCOC(=O)OC(n1nnc(-c2c(I)cnn2C)n1)C(C)(C)C. The molecule has 0 N–H and O–H groups in total. The largest absolute Gasteiger partial charge is 0.510 e. The number of hydrogen-bond acceptors (Lipinski definition) is 7. The van der Waals surface area contributed by atoms with Gasteiger partial charge in [0.2, 0.25) is 12.1 Å². The van der Waals surface area contributed by atoms with Crippen molar-refractivity contribution in [2.45, 2.75) is 33.9 Å². The van der Waals surface area contributed by atoms with Gasteiger partial charge in [-0.25, -0.2) is 4.79 Å². The maximum atomic E-state index is 11.7. The van der Waals surface area contributed by atoms with Crippen LogP contribution in [0.25, 0.3) is 11.5 Å². The van der Waals surface area contributed by atoms with Gasteiger partial charge >= 0.3 is 6.16 Å². The fourth-order valence-electron chi connectivity index (χ4n) is 1.89. The van der Waals surface area contributed by atoms with Crippen molar-refractivity contribution in [3.8, 4) is 11.5 Å². The van der Waals surface area contributed by atoms with Crippen molar-refractivity contribution in [2.24, 2.45) is 12.5 Å². The molecule has 0 aliphatic rings. The molecular formula is C13H19IN6O3. The maximum Gasteiger partial charge on any atom is 0.510 e. The molecule has 0 spiro atoms. The van der Waals surface area contributed by atoms with Crippen LogP contribution in [0.5, 0.6) is 0 Å². The molecule has 0 radical (unpaired) electrons. The number of halogens is 1. The zero-order valence-electron chi connectivity index (χ0n) is 13.6. The quantitative estimate of drug-likeness (QED) is 0.539. The van der Waals surface area contributed by atoms with Crippen molar-refractivity contribution in [3.63, 3.8) is 0 Å². The normalized spacial score (nSPS) is 13.0. The van der Waals surface area contributed by atoms with E-state index in [-0.39, 0.29) is 6.61 Å². The lowest BCUT2D eigenvalue weighted by Gasteiger charge is -2.27. The van der Waals surface area contributed by atoms with E-state index in [1.165, 1.54) is 4.80 Å². The third-order valence-corrected chi connectivity index (χ3v) is 3.74. The number of aryl methyl sites for hydroxylation is 1. The number of hydrogen-bond donors (Lipinski definition) is 0. The lowest BCUT2D eigenvalue weighted by atomic mass is 9.94. The van der Waals surface area contributed by atoms with Crippen molar-refractivity contribution in [1.29, 1.82) is 0 Å². The summed E-state index contributed by atoms with van der Waals surface area (Å²) in [7, 11) is 1.80. The van der Waals surface area contributed by atoms with E-state index in [0.29, 0.717) is 5.82 Å². The molecule has 0 saturated carbocycles. The molecule has 0 aromatic carbocycles. The third kappa shape index (κ3) is 3.98. The molecule has 126 valence electrons. The smallest absolute Gasteiger partial charge is 0.435 e. The predicted octanol–water partition coefficient (Wildman–Crippen LogP) is 2.40. The van der Waals surface area contributed by atoms with E-state index in [0.717, 1.165) is 9.26 Å². The second-order valence-corrected chi connectivity index (χ2v) is 7.08. The van der Waals surface area contributed by atoms with Gasteiger partial charge in [0.25, 0.3) is 0 Å². The first kappa shape index (κ1) is 17.6. The number of carbonyl (C=O) groups excluding carboxylic acids is 1. The molecule has 9 nitrogen and oxygen atoms in total. The molecule has 0 amide bonds. The first-order valence-corrected chi connectivity index (χ1v) is 8.12. The topological polar surface area (TPSA) is 97.0 Å². The Kier molecular flexibility index (Phi) is 5.22. The van der Waals surface area contributed by atoms with E-state index < -0.39 is 17.8 Å². The second kappa shape index (κ2) is 6.81. The van der Waals surface area contributed by atoms with Gasteiger partial charge in [0, 0.05) is 12.5 Å². The van der Waals surface area contributed by atoms with Crippen molar-refractivity contribution < 1.29 is 14.3 Å². The van der Waals surface area contributed by atoms with Gasteiger partial charge in [-0.2, -0.15) is 5.10 Å². The van der Waals surface area contributed by atoms with E-state index >= 15 is 0 Å². The van der Waals surface area contributed by atoms with E-state index in [1.807, 2.05) is 20.8 Å². The number of rotatable bonds is 4. The highest BCUT2D eigenvalue weighted by Gasteiger charge is 2.33. The van der Waals surface area contributed by atoms with Gasteiger partial charge in [-0.05, 0) is 34.7 Å². The lowest BCUT2D eigenvalue weighted by molar-refractivity contribution is -0.0681. The zero-order chi connectivity index (χ0) is 17.2. The van der Waals surface area contributed by atoms with Gasteiger partial charge in [-0.1, -0.05) is 20.8 Å². The number of aromatic nitrogens is 6. The maximum absolute atomic E-state index is 11.7. The minimum Gasteiger partial charge on any atom is -0.435 e.